The van der Waals surface area contributed by atoms with Gasteiger partial charge in [0.25, 0.3) is 0 Å². The molecule has 0 radical (unpaired) electrons. The summed E-state index contributed by atoms with van der Waals surface area (Å²) >= 11 is 0. The lowest BCUT2D eigenvalue weighted by atomic mass is 10.1. The standard InChI is InChI=1S/C10H22N2/c1-5-10-11(4)9(3)7-8-12(10)6-2/h9-10H,5-8H2,1-4H3. The first kappa shape index (κ1) is 10.0. The fourth-order valence-electron chi connectivity index (χ4n) is 2.17. The van der Waals surface area contributed by atoms with Gasteiger partial charge < -0.3 is 0 Å². The SMILES string of the molecule is CCC1N(CC)CCC(C)N1C. The fourth-order valence-corrected chi connectivity index (χ4v) is 2.17. The van der Waals surface area contributed by atoms with Crippen LogP contribution < -0.4 is 0 Å². The summed E-state index contributed by atoms with van der Waals surface area (Å²) in [7, 11) is 2.25. The summed E-state index contributed by atoms with van der Waals surface area (Å²) in [6.45, 7) is 9.33. The maximum absolute atomic E-state index is 2.57. The highest BCUT2D eigenvalue weighted by atomic mass is 15.4. The third kappa shape index (κ3) is 1.80. The zero-order valence-electron chi connectivity index (χ0n) is 8.88. The first-order valence-corrected chi connectivity index (χ1v) is 5.16. The molecule has 1 aliphatic rings. The molecule has 2 atom stereocenters. The van der Waals surface area contributed by atoms with Crippen LogP contribution in [0.25, 0.3) is 0 Å². The lowest BCUT2D eigenvalue weighted by Gasteiger charge is -2.45. The Hall–Kier alpha value is -0.0800. The molecular formula is C10H22N2. The minimum Gasteiger partial charge on any atom is -0.288 e. The Morgan fingerprint density at radius 2 is 2.00 bits per heavy atom. The molecule has 0 aromatic rings. The third-order valence-electron chi connectivity index (χ3n) is 3.19. The van der Waals surface area contributed by atoms with Crippen molar-refractivity contribution in [2.75, 3.05) is 20.1 Å². The summed E-state index contributed by atoms with van der Waals surface area (Å²) in [5.74, 6) is 0. The van der Waals surface area contributed by atoms with E-state index in [1.54, 1.807) is 0 Å². The van der Waals surface area contributed by atoms with Gasteiger partial charge in [0.1, 0.15) is 0 Å². The van der Waals surface area contributed by atoms with Gasteiger partial charge in [0.2, 0.25) is 0 Å². The van der Waals surface area contributed by atoms with Crippen LogP contribution in [0.15, 0.2) is 0 Å². The van der Waals surface area contributed by atoms with E-state index < -0.39 is 0 Å². The van der Waals surface area contributed by atoms with Gasteiger partial charge in [0, 0.05) is 12.6 Å². The molecule has 0 aromatic carbocycles. The highest BCUT2D eigenvalue weighted by molar-refractivity contribution is 4.80. The van der Waals surface area contributed by atoms with E-state index in [-0.39, 0.29) is 0 Å². The molecule has 1 heterocycles. The van der Waals surface area contributed by atoms with Crippen LogP contribution in [0.5, 0.6) is 0 Å². The van der Waals surface area contributed by atoms with Gasteiger partial charge in [-0.25, -0.2) is 0 Å². The quantitative estimate of drug-likeness (QED) is 0.623. The first-order valence-electron chi connectivity index (χ1n) is 5.16. The van der Waals surface area contributed by atoms with Crippen molar-refractivity contribution in [1.82, 2.24) is 9.80 Å². The van der Waals surface area contributed by atoms with Gasteiger partial charge in [-0.2, -0.15) is 0 Å². The summed E-state index contributed by atoms with van der Waals surface area (Å²) in [6, 6.07) is 0.762. The Bertz CT molecular complexity index is 134. The second kappa shape index (κ2) is 4.24. The second-order valence-electron chi connectivity index (χ2n) is 3.82. The minimum absolute atomic E-state index is 0.679. The predicted molar refractivity (Wildman–Crippen MR) is 53.2 cm³/mol. The number of hydrogen-bond acceptors (Lipinski definition) is 2. The van der Waals surface area contributed by atoms with Crippen LogP contribution in [0.1, 0.15) is 33.6 Å². The van der Waals surface area contributed by atoms with Gasteiger partial charge >= 0.3 is 0 Å². The van der Waals surface area contributed by atoms with Crippen molar-refractivity contribution < 1.29 is 0 Å². The smallest absolute Gasteiger partial charge is 0.0619 e. The Balaban J connectivity index is 2.58. The molecule has 1 rings (SSSR count). The molecule has 12 heavy (non-hydrogen) atoms. The van der Waals surface area contributed by atoms with Gasteiger partial charge in [-0.15, -0.1) is 0 Å². The summed E-state index contributed by atoms with van der Waals surface area (Å²) in [5, 5.41) is 0. The lowest BCUT2D eigenvalue weighted by Crippen LogP contribution is -2.55. The van der Waals surface area contributed by atoms with Crippen molar-refractivity contribution >= 4 is 0 Å². The summed E-state index contributed by atoms with van der Waals surface area (Å²) in [6.07, 6.45) is 3.24. The van der Waals surface area contributed by atoms with Crippen LogP contribution in [-0.2, 0) is 0 Å². The number of hydrogen-bond donors (Lipinski definition) is 0. The molecule has 2 nitrogen and oxygen atoms in total. The molecule has 0 amide bonds. The maximum Gasteiger partial charge on any atom is 0.0619 e. The second-order valence-corrected chi connectivity index (χ2v) is 3.82. The maximum atomic E-state index is 2.57. The summed E-state index contributed by atoms with van der Waals surface area (Å²) in [4.78, 5) is 5.08. The van der Waals surface area contributed by atoms with Gasteiger partial charge in [-0.3, -0.25) is 9.80 Å². The number of rotatable bonds is 2. The lowest BCUT2D eigenvalue weighted by molar-refractivity contribution is -0.00875. The average molecular weight is 170 g/mol. The van der Waals surface area contributed by atoms with Crippen molar-refractivity contribution in [3.05, 3.63) is 0 Å². The molecule has 72 valence electrons. The molecule has 1 saturated heterocycles. The average Bonchev–Trinajstić information content (AvgIpc) is 2.09. The highest BCUT2D eigenvalue weighted by Crippen LogP contribution is 2.19. The van der Waals surface area contributed by atoms with Gasteiger partial charge in [0.15, 0.2) is 0 Å². The van der Waals surface area contributed by atoms with Gasteiger partial charge in [0.05, 0.1) is 6.17 Å². The molecule has 1 aliphatic heterocycles. The van der Waals surface area contributed by atoms with E-state index in [4.69, 9.17) is 0 Å². The van der Waals surface area contributed by atoms with E-state index in [2.05, 4.69) is 37.6 Å². The topological polar surface area (TPSA) is 6.48 Å². The van der Waals surface area contributed by atoms with Crippen molar-refractivity contribution in [3.8, 4) is 0 Å². The van der Waals surface area contributed by atoms with Crippen LogP contribution in [0.4, 0.5) is 0 Å². The summed E-state index contributed by atoms with van der Waals surface area (Å²) in [5.41, 5.74) is 0. The van der Waals surface area contributed by atoms with Crippen molar-refractivity contribution in [1.29, 1.82) is 0 Å². The van der Waals surface area contributed by atoms with E-state index in [0.717, 1.165) is 6.04 Å². The molecule has 2 unspecified atom stereocenters. The third-order valence-corrected chi connectivity index (χ3v) is 3.19. The largest absolute Gasteiger partial charge is 0.288 e. The van der Waals surface area contributed by atoms with Crippen LogP contribution in [0, 0.1) is 0 Å². The van der Waals surface area contributed by atoms with E-state index in [1.807, 2.05) is 0 Å². The van der Waals surface area contributed by atoms with E-state index in [1.165, 1.54) is 25.9 Å². The number of nitrogens with zero attached hydrogens (tertiary/aromatic N) is 2. The highest BCUT2D eigenvalue weighted by Gasteiger charge is 2.28. The van der Waals surface area contributed by atoms with Crippen molar-refractivity contribution in [2.45, 2.75) is 45.8 Å². The molecule has 0 spiro atoms. The van der Waals surface area contributed by atoms with E-state index in [9.17, 15) is 0 Å². The predicted octanol–water partition coefficient (Wildman–Crippen LogP) is 1.77. The Kier molecular flexibility index (Phi) is 3.53. The zero-order valence-corrected chi connectivity index (χ0v) is 8.88. The van der Waals surface area contributed by atoms with Crippen LogP contribution in [0.2, 0.25) is 0 Å². The molecular weight excluding hydrogens is 148 g/mol. The monoisotopic (exact) mass is 170 g/mol. The van der Waals surface area contributed by atoms with Crippen LogP contribution in [-0.4, -0.2) is 42.1 Å². The fraction of sp³-hybridized carbons (Fsp3) is 1.00. The van der Waals surface area contributed by atoms with Gasteiger partial charge in [-0.1, -0.05) is 13.8 Å². The Labute approximate surface area is 76.5 Å². The van der Waals surface area contributed by atoms with E-state index >= 15 is 0 Å². The van der Waals surface area contributed by atoms with Crippen molar-refractivity contribution in [3.63, 3.8) is 0 Å². The molecule has 2 heteroatoms. The molecule has 1 fully saturated rings. The zero-order chi connectivity index (χ0) is 9.14. The first-order chi connectivity index (χ1) is 5.70. The molecule has 0 saturated carbocycles. The van der Waals surface area contributed by atoms with Crippen LogP contribution >= 0.6 is 0 Å². The molecule has 0 aliphatic carbocycles. The molecule has 0 aromatic heterocycles. The Morgan fingerprint density at radius 3 is 2.50 bits per heavy atom. The van der Waals surface area contributed by atoms with Crippen molar-refractivity contribution in [2.24, 2.45) is 0 Å². The Morgan fingerprint density at radius 1 is 1.33 bits per heavy atom. The normalized spacial score (nSPS) is 34.0. The molecule has 0 bridgehead atoms. The minimum atomic E-state index is 0.679. The molecule has 0 N–H and O–H groups in total. The summed E-state index contributed by atoms with van der Waals surface area (Å²) < 4.78 is 0. The van der Waals surface area contributed by atoms with Crippen LogP contribution in [0.3, 0.4) is 0 Å². The van der Waals surface area contributed by atoms with Gasteiger partial charge in [-0.05, 0) is 33.4 Å². The van der Waals surface area contributed by atoms with E-state index in [0.29, 0.717) is 6.17 Å².